The summed E-state index contributed by atoms with van der Waals surface area (Å²) in [6.07, 6.45) is 2.76. The zero-order valence-corrected chi connectivity index (χ0v) is 11.3. The molecule has 0 spiro atoms. The first-order valence-electron chi connectivity index (χ1n) is 4.63. The highest BCUT2D eigenvalue weighted by molar-refractivity contribution is 8.02. The highest BCUT2D eigenvalue weighted by Gasteiger charge is 2.08. The van der Waals surface area contributed by atoms with E-state index in [0.717, 1.165) is 15.1 Å². The van der Waals surface area contributed by atoms with Gasteiger partial charge in [0, 0.05) is 6.42 Å². The van der Waals surface area contributed by atoms with Crippen LogP contribution in [0.5, 0.6) is 0 Å². The van der Waals surface area contributed by atoms with Crippen LogP contribution in [0.15, 0.2) is 13.1 Å². The summed E-state index contributed by atoms with van der Waals surface area (Å²) in [5.41, 5.74) is 0. The predicted molar refractivity (Wildman–Crippen MR) is 64.9 cm³/mol. The Morgan fingerprint density at radius 3 is 2.50 bits per heavy atom. The van der Waals surface area contributed by atoms with Gasteiger partial charge in [0.1, 0.15) is 0 Å². The van der Waals surface area contributed by atoms with Crippen molar-refractivity contribution in [3.63, 3.8) is 0 Å². The van der Waals surface area contributed by atoms with Crippen LogP contribution in [0.4, 0.5) is 0 Å². The third-order valence-electron chi connectivity index (χ3n) is 1.69. The number of hydrogen-bond acceptors (Lipinski definition) is 8. The smallest absolute Gasteiger partial charge is 0.226 e. The van der Waals surface area contributed by atoms with E-state index in [4.69, 9.17) is 4.42 Å². The fourth-order valence-corrected chi connectivity index (χ4v) is 3.23. The number of nitrogens with zero attached hydrogens (tertiary/aromatic N) is 4. The summed E-state index contributed by atoms with van der Waals surface area (Å²) >= 11 is 4.75. The van der Waals surface area contributed by atoms with Crippen LogP contribution in [0.1, 0.15) is 18.7 Å². The van der Waals surface area contributed by atoms with Gasteiger partial charge in [0.15, 0.2) is 8.68 Å². The molecule has 0 bridgehead atoms. The standard InChI is InChI=1S/C8H10N4OS3/c1-3-5-9-10-6(13-5)4-15-8-12-11-7(14-2)16-8/h3-4H2,1-2H3. The molecule has 2 rings (SSSR count). The lowest BCUT2D eigenvalue weighted by molar-refractivity contribution is 0.470. The summed E-state index contributed by atoms with van der Waals surface area (Å²) in [5, 5.41) is 15.9. The summed E-state index contributed by atoms with van der Waals surface area (Å²) in [5.74, 6) is 1.97. The molecular formula is C8H10N4OS3. The molecule has 0 aliphatic heterocycles. The minimum atomic E-state index is 0.641. The molecule has 0 N–H and O–H groups in total. The number of aromatic nitrogens is 4. The summed E-state index contributed by atoms with van der Waals surface area (Å²) in [6.45, 7) is 1.99. The van der Waals surface area contributed by atoms with Crippen LogP contribution in [0.2, 0.25) is 0 Å². The number of thioether (sulfide) groups is 2. The Bertz CT molecular complexity index is 413. The van der Waals surface area contributed by atoms with Gasteiger partial charge in [-0.1, -0.05) is 41.8 Å². The van der Waals surface area contributed by atoms with Crippen LogP contribution in [-0.4, -0.2) is 26.7 Å². The van der Waals surface area contributed by atoms with Gasteiger partial charge in [-0.05, 0) is 6.26 Å². The molecule has 8 heteroatoms. The van der Waals surface area contributed by atoms with Crippen molar-refractivity contribution in [1.82, 2.24) is 20.4 Å². The van der Waals surface area contributed by atoms with Crippen LogP contribution in [0.3, 0.4) is 0 Å². The van der Waals surface area contributed by atoms with Crippen molar-refractivity contribution in [3.05, 3.63) is 11.8 Å². The van der Waals surface area contributed by atoms with Crippen LogP contribution >= 0.6 is 34.9 Å². The molecule has 5 nitrogen and oxygen atoms in total. The van der Waals surface area contributed by atoms with Gasteiger partial charge in [0.05, 0.1) is 5.75 Å². The van der Waals surface area contributed by atoms with E-state index in [9.17, 15) is 0 Å². The van der Waals surface area contributed by atoms with Gasteiger partial charge >= 0.3 is 0 Å². The second kappa shape index (κ2) is 5.65. The quantitative estimate of drug-likeness (QED) is 0.776. The lowest BCUT2D eigenvalue weighted by Crippen LogP contribution is -1.80. The van der Waals surface area contributed by atoms with Crippen LogP contribution < -0.4 is 0 Å². The Morgan fingerprint density at radius 1 is 1.12 bits per heavy atom. The zero-order valence-electron chi connectivity index (χ0n) is 8.84. The molecule has 0 aliphatic rings. The molecule has 2 aromatic rings. The normalized spacial score (nSPS) is 10.9. The maximum Gasteiger partial charge on any atom is 0.226 e. The molecule has 86 valence electrons. The van der Waals surface area contributed by atoms with Gasteiger partial charge in [-0.3, -0.25) is 0 Å². The van der Waals surface area contributed by atoms with Crippen molar-refractivity contribution in [2.75, 3.05) is 6.26 Å². The van der Waals surface area contributed by atoms with Crippen molar-refractivity contribution in [1.29, 1.82) is 0 Å². The zero-order chi connectivity index (χ0) is 11.4. The van der Waals surface area contributed by atoms with Crippen molar-refractivity contribution in [3.8, 4) is 0 Å². The SMILES string of the molecule is CCc1nnc(CSc2nnc(SC)s2)o1. The van der Waals surface area contributed by atoms with Crippen molar-refractivity contribution >= 4 is 34.9 Å². The summed E-state index contributed by atoms with van der Waals surface area (Å²) in [6, 6.07) is 0. The average Bonchev–Trinajstić information content (AvgIpc) is 2.95. The van der Waals surface area contributed by atoms with E-state index in [1.807, 2.05) is 13.2 Å². The molecule has 0 aliphatic carbocycles. The highest BCUT2D eigenvalue weighted by Crippen LogP contribution is 2.29. The maximum atomic E-state index is 5.40. The molecule has 0 aromatic carbocycles. The van der Waals surface area contributed by atoms with Crippen molar-refractivity contribution in [2.45, 2.75) is 27.8 Å². The van der Waals surface area contributed by atoms with Gasteiger partial charge in [-0.15, -0.1) is 20.4 Å². The van der Waals surface area contributed by atoms with E-state index in [1.54, 1.807) is 34.9 Å². The Morgan fingerprint density at radius 2 is 1.88 bits per heavy atom. The molecule has 0 radical (unpaired) electrons. The van der Waals surface area contributed by atoms with Crippen LogP contribution in [0, 0.1) is 0 Å². The van der Waals surface area contributed by atoms with Gasteiger partial charge in [0.2, 0.25) is 11.8 Å². The minimum Gasteiger partial charge on any atom is -0.424 e. The van der Waals surface area contributed by atoms with Crippen LogP contribution in [0.25, 0.3) is 0 Å². The number of hydrogen-bond donors (Lipinski definition) is 0. The van der Waals surface area contributed by atoms with E-state index in [1.165, 1.54) is 0 Å². The molecule has 0 saturated carbocycles. The largest absolute Gasteiger partial charge is 0.424 e. The lowest BCUT2D eigenvalue weighted by atomic mass is 10.5. The molecule has 2 heterocycles. The van der Waals surface area contributed by atoms with Gasteiger partial charge in [-0.2, -0.15) is 0 Å². The summed E-state index contributed by atoms with van der Waals surface area (Å²) in [4.78, 5) is 0. The fraction of sp³-hybridized carbons (Fsp3) is 0.500. The molecule has 0 saturated heterocycles. The first kappa shape index (κ1) is 11.9. The van der Waals surface area contributed by atoms with Crippen molar-refractivity contribution < 1.29 is 4.42 Å². The van der Waals surface area contributed by atoms with E-state index in [2.05, 4.69) is 20.4 Å². The Balaban J connectivity index is 1.91. The summed E-state index contributed by atoms with van der Waals surface area (Å²) in [7, 11) is 0. The molecule has 0 amide bonds. The van der Waals surface area contributed by atoms with Crippen LogP contribution in [-0.2, 0) is 12.2 Å². The van der Waals surface area contributed by atoms with E-state index < -0.39 is 0 Å². The van der Waals surface area contributed by atoms with Gasteiger partial charge in [0.25, 0.3) is 0 Å². The molecule has 0 unspecified atom stereocenters. The summed E-state index contributed by atoms with van der Waals surface area (Å²) < 4.78 is 7.30. The Hall–Kier alpha value is -0.600. The lowest BCUT2D eigenvalue weighted by Gasteiger charge is -1.89. The van der Waals surface area contributed by atoms with Gasteiger partial charge in [-0.25, -0.2) is 0 Å². The first-order valence-corrected chi connectivity index (χ1v) is 7.66. The van der Waals surface area contributed by atoms with Gasteiger partial charge < -0.3 is 4.42 Å². The molecule has 2 aromatic heterocycles. The fourth-order valence-electron chi connectivity index (χ4n) is 0.951. The molecule has 0 atom stereocenters. The average molecular weight is 274 g/mol. The molecule has 16 heavy (non-hydrogen) atoms. The first-order chi connectivity index (χ1) is 7.81. The van der Waals surface area contributed by atoms with E-state index in [0.29, 0.717) is 17.5 Å². The molecule has 0 fully saturated rings. The van der Waals surface area contributed by atoms with E-state index >= 15 is 0 Å². The number of rotatable bonds is 5. The Labute approximate surface area is 105 Å². The third kappa shape index (κ3) is 2.96. The predicted octanol–water partition coefficient (Wildman–Crippen LogP) is 2.50. The van der Waals surface area contributed by atoms with E-state index in [-0.39, 0.29) is 0 Å². The highest BCUT2D eigenvalue weighted by atomic mass is 32.2. The monoisotopic (exact) mass is 274 g/mol. The third-order valence-corrected chi connectivity index (χ3v) is 4.71. The maximum absolute atomic E-state index is 5.40. The number of aryl methyl sites for hydroxylation is 1. The Kier molecular flexibility index (Phi) is 4.19. The minimum absolute atomic E-state index is 0.641. The topological polar surface area (TPSA) is 64.7 Å². The second-order valence-electron chi connectivity index (χ2n) is 2.77. The molecular weight excluding hydrogens is 264 g/mol. The second-order valence-corrected chi connectivity index (χ2v) is 6.02. The van der Waals surface area contributed by atoms with Crippen molar-refractivity contribution in [2.24, 2.45) is 0 Å².